The predicted molar refractivity (Wildman–Crippen MR) is 60.7 cm³/mol. The van der Waals surface area contributed by atoms with Gasteiger partial charge < -0.3 is 21.7 Å². The number of halogens is 1. The monoisotopic (exact) mass is 280 g/mol. The molecule has 0 heterocycles. The minimum atomic E-state index is 0. The van der Waals surface area contributed by atoms with Gasteiger partial charge in [0.05, 0.1) is 6.61 Å². The summed E-state index contributed by atoms with van der Waals surface area (Å²) in [6, 6.07) is 8.82. The SMILES string of the molecule is Cc1c[c-]ccc1OCCC(C)C.[Br-].[Mg+2]. The van der Waals surface area contributed by atoms with Crippen LogP contribution in [0.1, 0.15) is 25.8 Å². The van der Waals surface area contributed by atoms with Crippen molar-refractivity contribution in [2.24, 2.45) is 5.92 Å². The van der Waals surface area contributed by atoms with Gasteiger partial charge in [-0.3, -0.25) is 0 Å². The van der Waals surface area contributed by atoms with Crippen LogP contribution in [-0.2, 0) is 0 Å². The Morgan fingerprint density at radius 3 is 2.60 bits per heavy atom. The van der Waals surface area contributed by atoms with E-state index in [1.807, 2.05) is 25.1 Å². The predicted octanol–water partition coefficient (Wildman–Crippen LogP) is -0.157. The summed E-state index contributed by atoms with van der Waals surface area (Å²) >= 11 is 0. The molecule has 0 spiro atoms. The fourth-order valence-corrected chi connectivity index (χ4v) is 1.07. The Labute approximate surface area is 120 Å². The van der Waals surface area contributed by atoms with E-state index < -0.39 is 0 Å². The van der Waals surface area contributed by atoms with E-state index in [-0.39, 0.29) is 40.0 Å². The van der Waals surface area contributed by atoms with Crippen molar-refractivity contribution < 1.29 is 21.7 Å². The van der Waals surface area contributed by atoms with E-state index in [1.54, 1.807) is 0 Å². The largest absolute Gasteiger partial charge is 2.00 e. The summed E-state index contributed by atoms with van der Waals surface area (Å²) in [4.78, 5) is 0. The molecule has 0 bridgehead atoms. The maximum absolute atomic E-state index is 5.63. The summed E-state index contributed by atoms with van der Waals surface area (Å²) in [7, 11) is 0. The minimum absolute atomic E-state index is 0. The summed E-state index contributed by atoms with van der Waals surface area (Å²) < 4.78 is 5.63. The first-order valence-corrected chi connectivity index (χ1v) is 4.79. The zero-order chi connectivity index (χ0) is 9.68. The van der Waals surface area contributed by atoms with Crippen molar-refractivity contribution in [3.63, 3.8) is 0 Å². The van der Waals surface area contributed by atoms with Crippen molar-refractivity contribution in [3.05, 3.63) is 29.8 Å². The van der Waals surface area contributed by atoms with Gasteiger partial charge in [0, 0.05) is 5.75 Å². The molecule has 80 valence electrons. The summed E-state index contributed by atoms with van der Waals surface area (Å²) in [5.74, 6) is 1.69. The van der Waals surface area contributed by atoms with E-state index in [0.29, 0.717) is 5.92 Å². The maximum Gasteiger partial charge on any atom is 2.00 e. The van der Waals surface area contributed by atoms with Crippen LogP contribution in [0.4, 0.5) is 0 Å². The van der Waals surface area contributed by atoms with E-state index in [1.165, 1.54) is 0 Å². The van der Waals surface area contributed by atoms with Gasteiger partial charge in [0.15, 0.2) is 0 Å². The summed E-state index contributed by atoms with van der Waals surface area (Å²) in [5, 5.41) is 0. The van der Waals surface area contributed by atoms with Crippen LogP contribution in [-0.4, -0.2) is 29.7 Å². The average molecular weight is 281 g/mol. The second kappa shape index (κ2) is 9.49. The first-order valence-electron chi connectivity index (χ1n) is 4.79. The minimum Gasteiger partial charge on any atom is -1.00 e. The molecule has 0 atom stereocenters. The third-order valence-electron chi connectivity index (χ3n) is 1.97. The smallest absolute Gasteiger partial charge is 1.00 e. The molecular weight excluding hydrogens is 264 g/mol. The molecule has 0 aliphatic carbocycles. The Hall–Kier alpha value is 0.266. The molecule has 1 rings (SSSR count). The van der Waals surface area contributed by atoms with Crippen LogP contribution >= 0.6 is 0 Å². The average Bonchev–Trinajstić information content (AvgIpc) is 2.08. The Bertz CT molecular complexity index is 264. The number of hydrogen-bond acceptors (Lipinski definition) is 1. The molecule has 0 N–H and O–H groups in total. The number of benzene rings is 1. The van der Waals surface area contributed by atoms with Crippen LogP contribution in [0.3, 0.4) is 0 Å². The van der Waals surface area contributed by atoms with Gasteiger partial charge in [0.25, 0.3) is 0 Å². The zero-order valence-electron chi connectivity index (χ0n) is 9.72. The van der Waals surface area contributed by atoms with Crippen molar-refractivity contribution in [1.29, 1.82) is 0 Å². The fraction of sp³-hybridized carbons (Fsp3) is 0.500. The maximum atomic E-state index is 5.63. The Balaban J connectivity index is 0. The standard InChI is InChI=1S/C12H17O.BrH.Mg/c1-10(2)8-9-13-12-7-5-4-6-11(12)3;;/h5-7,10H,8-9H2,1-3H3;1H;/q-1;;+2/p-1. The number of hydrogen-bond donors (Lipinski definition) is 0. The van der Waals surface area contributed by atoms with E-state index in [0.717, 1.165) is 24.3 Å². The third-order valence-corrected chi connectivity index (χ3v) is 1.97. The van der Waals surface area contributed by atoms with E-state index in [9.17, 15) is 0 Å². The zero-order valence-corrected chi connectivity index (χ0v) is 12.7. The molecule has 0 aliphatic rings. The molecule has 0 fully saturated rings. The van der Waals surface area contributed by atoms with Gasteiger partial charge >= 0.3 is 23.1 Å². The van der Waals surface area contributed by atoms with Gasteiger partial charge in [-0.25, -0.2) is 0 Å². The summed E-state index contributed by atoms with van der Waals surface area (Å²) in [6.07, 6.45) is 1.11. The molecule has 0 aromatic heterocycles. The van der Waals surface area contributed by atoms with Crippen molar-refractivity contribution in [3.8, 4) is 5.75 Å². The van der Waals surface area contributed by atoms with Gasteiger partial charge in [0.1, 0.15) is 0 Å². The second-order valence-corrected chi connectivity index (χ2v) is 3.72. The van der Waals surface area contributed by atoms with E-state index >= 15 is 0 Å². The third kappa shape index (κ3) is 7.20. The summed E-state index contributed by atoms with van der Waals surface area (Å²) in [5.41, 5.74) is 1.16. The number of rotatable bonds is 4. The second-order valence-electron chi connectivity index (χ2n) is 3.72. The van der Waals surface area contributed by atoms with Crippen LogP contribution in [0, 0.1) is 18.9 Å². The van der Waals surface area contributed by atoms with Crippen molar-refractivity contribution >= 4 is 23.1 Å². The molecule has 1 aromatic rings. The molecule has 0 saturated carbocycles. The number of ether oxygens (including phenoxy) is 1. The molecule has 0 aliphatic heterocycles. The molecule has 1 aromatic carbocycles. The van der Waals surface area contributed by atoms with Gasteiger partial charge in [-0.1, -0.05) is 20.8 Å². The Kier molecular flexibility index (Phi) is 11.2. The molecule has 1 nitrogen and oxygen atoms in total. The van der Waals surface area contributed by atoms with E-state index in [2.05, 4.69) is 19.9 Å². The first kappa shape index (κ1) is 17.7. The summed E-state index contributed by atoms with van der Waals surface area (Å²) in [6.45, 7) is 7.26. The van der Waals surface area contributed by atoms with Crippen molar-refractivity contribution in [2.45, 2.75) is 27.2 Å². The molecule has 0 unspecified atom stereocenters. The molecular formula is C12H17BrMgO. The quantitative estimate of drug-likeness (QED) is 0.551. The van der Waals surface area contributed by atoms with Gasteiger partial charge in [-0.05, 0) is 12.3 Å². The fourth-order valence-electron chi connectivity index (χ4n) is 1.07. The molecule has 3 heteroatoms. The van der Waals surface area contributed by atoms with Gasteiger partial charge in [-0.2, -0.15) is 18.2 Å². The first-order chi connectivity index (χ1) is 6.20. The Morgan fingerprint density at radius 2 is 2.07 bits per heavy atom. The molecule has 0 radical (unpaired) electrons. The van der Waals surface area contributed by atoms with Crippen LogP contribution in [0.15, 0.2) is 18.2 Å². The van der Waals surface area contributed by atoms with Crippen molar-refractivity contribution in [1.82, 2.24) is 0 Å². The molecule has 15 heavy (non-hydrogen) atoms. The normalized spacial score (nSPS) is 9.07. The van der Waals surface area contributed by atoms with E-state index in [4.69, 9.17) is 4.74 Å². The van der Waals surface area contributed by atoms with Crippen LogP contribution in [0.2, 0.25) is 0 Å². The molecule has 0 saturated heterocycles. The Morgan fingerprint density at radius 1 is 1.40 bits per heavy atom. The van der Waals surface area contributed by atoms with Crippen LogP contribution in [0.25, 0.3) is 0 Å². The van der Waals surface area contributed by atoms with Gasteiger partial charge in [-0.15, -0.1) is 11.6 Å². The van der Waals surface area contributed by atoms with Gasteiger partial charge in [0.2, 0.25) is 0 Å². The van der Waals surface area contributed by atoms with Crippen LogP contribution < -0.4 is 21.7 Å². The topological polar surface area (TPSA) is 9.23 Å². The van der Waals surface area contributed by atoms with Crippen molar-refractivity contribution in [2.75, 3.05) is 6.61 Å². The van der Waals surface area contributed by atoms with Crippen LogP contribution in [0.5, 0.6) is 5.75 Å². The molecule has 0 amide bonds. The number of aryl methyl sites for hydroxylation is 1.